The van der Waals surface area contributed by atoms with Gasteiger partial charge in [0.05, 0.1) is 10.6 Å². The van der Waals surface area contributed by atoms with Crippen molar-refractivity contribution in [2.45, 2.75) is 25.3 Å². The van der Waals surface area contributed by atoms with Gasteiger partial charge in [-0.25, -0.2) is 17.8 Å². The van der Waals surface area contributed by atoms with E-state index < -0.39 is 21.5 Å². The first-order valence-electron chi connectivity index (χ1n) is 11.1. The summed E-state index contributed by atoms with van der Waals surface area (Å²) in [6.45, 7) is 4.77. The molecule has 2 heterocycles. The van der Waals surface area contributed by atoms with Gasteiger partial charge in [0, 0.05) is 23.9 Å². The number of amides is 1. The zero-order valence-electron chi connectivity index (χ0n) is 19.4. The van der Waals surface area contributed by atoms with Gasteiger partial charge >= 0.3 is 0 Å². The molecule has 1 aromatic heterocycles. The summed E-state index contributed by atoms with van der Waals surface area (Å²) in [6, 6.07) is 14.1. The van der Waals surface area contributed by atoms with Crippen LogP contribution in [0.2, 0.25) is 0 Å². The van der Waals surface area contributed by atoms with E-state index in [1.807, 2.05) is 13.8 Å². The van der Waals surface area contributed by atoms with E-state index in [9.17, 15) is 18.0 Å². The average molecular weight is 499 g/mol. The molecule has 1 amide bonds. The summed E-state index contributed by atoms with van der Waals surface area (Å²) in [5, 5.41) is 6.97. The lowest BCUT2D eigenvalue weighted by Gasteiger charge is -2.18. The fourth-order valence-corrected chi connectivity index (χ4v) is 4.55. The normalized spacial score (nSPS) is 13.0. The number of carbonyl (C=O) groups is 1. The first-order chi connectivity index (χ1) is 16.7. The largest absolute Gasteiger partial charge is 0.486 e. The highest BCUT2D eigenvalue weighted by Gasteiger charge is 2.16. The van der Waals surface area contributed by atoms with Crippen LogP contribution in [0, 0.1) is 5.92 Å². The van der Waals surface area contributed by atoms with E-state index in [1.54, 1.807) is 24.3 Å². The van der Waals surface area contributed by atoms with Crippen molar-refractivity contribution in [3.8, 4) is 22.8 Å². The van der Waals surface area contributed by atoms with Crippen LogP contribution in [0.15, 0.2) is 64.3 Å². The number of benzene rings is 2. The summed E-state index contributed by atoms with van der Waals surface area (Å²) in [6.07, 6.45) is 0. The van der Waals surface area contributed by atoms with E-state index >= 15 is 0 Å². The molecule has 2 N–H and O–H groups in total. The van der Waals surface area contributed by atoms with Crippen LogP contribution in [0.4, 0.5) is 5.69 Å². The van der Waals surface area contributed by atoms with Gasteiger partial charge in [0.2, 0.25) is 15.9 Å². The van der Waals surface area contributed by atoms with Gasteiger partial charge in [-0.2, -0.15) is 5.10 Å². The summed E-state index contributed by atoms with van der Waals surface area (Å²) in [5.41, 5.74) is 1.18. The van der Waals surface area contributed by atoms with Gasteiger partial charge in [-0.1, -0.05) is 13.8 Å². The minimum Gasteiger partial charge on any atom is -0.486 e. The number of rotatable bonds is 8. The Labute approximate surface area is 202 Å². The van der Waals surface area contributed by atoms with E-state index in [0.29, 0.717) is 48.2 Å². The number of aromatic nitrogens is 2. The van der Waals surface area contributed by atoms with Crippen LogP contribution in [0.5, 0.6) is 11.5 Å². The lowest BCUT2D eigenvalue weighted by atomic mass is 10.1. The Kier molecular flexibility index (Phi) is 7.17. The fraction of sp³-hybridized carbons (Fsp3) is 0.292. The van der Waals surface area contributed by atoms with Crippen LogP contribution in [-0.2, 0) is 21.4 Å². The van der Waals surface area contributed by atoms with E-state index in [1.165, 1.54) is 30.3 Å². The zero-order chi connectivity index (χ0) is 25.0. The second-order valence-electron chi connectivity index (χ2n) is 8.39. The molecule has 4 rings (SSSR count). The van der Waals surface area contributed by atoms with Crippen LogP contribution >= 0.6 is 0 Å². The Bertz CT molecular complexity index is 1380. The van der Waals surface area contributed by atoms with Gasteiger partial charge in [-0.15, -0.1) is 0 Å². The minimum absolute atomic E-state index is 0.0983. The van der Waals surface area contributed by atoms with E-state index in [4.69, 9.17) is 9.47 Å². The summed E-state index contributed by atoms with van der Waals surface area (Å²) in [4.78, 5) is 24.9. The monoisotopic (exact) mass is 498 g/mol. The minimum atomic E-state index is -3.63. The molecule has 0 bridgehead atoms. The Morgan fingerprint density at radius 2 is 1.74 bits per heavy atom. The smallest absolute Gasteiger partial charge is 0.267 e. The molecule has 0 radical (unpaired) electrons. The maximum Gasteiger partial charge on any atom is 0.267 e. The Balaban J connectivity index is 1.44. The summed E-state index contributed by atoms with van der Waals surface area (Å²) < 4.78 is 39.4. The molecule has 11 heteroatoms. The van der Waals surface area contributed by atoms with E-state index in [2.05, 4.69) is 15.1 Å². The first kappa shape index (κ1) is 24.4. The number of anilines is 1. The predicted molar refractivity (Wildman–Crippen MR) is 130 cm³/mol. The summed E-state index contributed by atoms with van der Waals surface area (Å²) in [7, 11) is -3.63. The van der Waals surface area contributed by atoms with Crippen molar-refractivity contribution in [3.05, 3.63) is 65.0 Å². The Morgan fingerprint density at radius 3 is 2.46 bits per heavy atom. The molecule has 0 saturated heterocycles. The van der Waals surface area contributed by atoms with Gasteiger partial charge in [-0.3, -0.25) is 9.59 Å². The van der Waals surface area contributed by atoms with Gasteiger partial charge in [-0.05, 0) is 54.4 Å². The number of nitrogens with zero attached hydrogens (tertiary/aromatic N) is 2. The third kappa shape index (κ3) is 6.06. The molecule has 0 atom stereocenters. The van der Waals surface area contributed by atoms with Crippen molar-refractivity contribution < 1.29 is 22.7 Å². The Morgan fingerprint density at radius 1 is 1.03 bits per heavy atom. The quantitative estimate of drug-likeness (QED) is 0.487. The van der Waals surface area contributed by atoms with E-state index in [0.717, 1.165) is 4.68 Å². The molecule has 2 aromatic carbocycles. The van der Waals surface area contributed by atoms with Gasteiger partial charge in [0.25, 0.3) is 5.56 Å². The molecular formula is C24H26N4O6S. The number of hydrogen-bond donors (Lipinski definition) is 2. The highest BCUT2D eigenvalue weighted by Crippen LogP contribution is 2.33. The molecule has 0 unspecified atom stereocenters. The average Bonchev–Trinajstić information content (AvgIpc) is 2.84. The molecule has 0 aliphatic carbocycles. The molecule has 0 saturated carbocycles. The number of fused-ring (bicyclic) bond motifs is 1. The molecule has 10 nitrogen and oxygen atoms in total. The van der Waals surface area contributed by atoms with Crippen LogP contribution in [0.25, 0.3) is 11.3 Å². The fourth-order valence-electron chi connectivity index (χ4n) is 3.33. The van der Waals surface area contributed by atoms with Gasteiger partial charge in [0.1, 0.15) is 19.8 Å². The topological polar surface area (TPSA) is 129 Å². The zero-order valence-corrected chi connectivity index (χ0v) is 20.2. The summed E-state index contributed by atoms with van der Waals surface area (Å²) >= 11 is 0. The molecule has 0 spiro atoms. The number of sulfonamides is 1. The maximum absolute atomic E-state index is 12.6. The van der Waals surface area contributed by atoms with Crippen LogP contribution < -0.4 is 25.1 Å². The first-order valence-corrected chi connectivity index (χ1v) is 12.6. The van der Waals surface area contributed by atoms with Gasteiger partial charge < -0.3 is 14.8 Å². The molecule has 3 aromatic rings. The molecular weight excluding hydrogens is 472 g/mol. The lowest BCUT2D eigenvalue weighted by molar-refractivity contribution is -0.117. The molecule has 1 aliphatic heterocycles. The van der Waals surface area contributed by atoms with E-state index in [-0.39, 0.29) is 17.4 Å². The third-order valence-electron chi connectivity index (χ3n) is 5.13. The molecule has 0 fully saturated rings. The van der Waals surface area contributed by atoms with Crippen LogP contribution in [-0.4, -0.2) is 43.9 Å². The SMILES string of the molecule is CC(C)CNS(=O)(=O)c1ccc(NC(=O)Cn2nc(-c3ccc4c(c3)OCCO4)ccc2=O)cc1. The Hall–Kier alpha value is -3.70. The van der Waals surface area contributed by atoms with Crippen molar-refractivity contribution in [3.63, 3.8) is 0 Å². The maximum atomic E-state index is 12.6. The van der Waals surface area contributed by atoms with Crippen LogP contribution in [0.3, 0.4) is 0 Å². The molecule has 35 heavy (non-hydrogen) atoms. The van der Waals surface area contributed by atoms with Gasteiger partial charge in [0.15, 0.2) is 11.5 Å². The van der Waals surface area contributed by atoms with Crippen molar-refractivity contribution in [2.24, 2.45) is 5.92 Å². The highest BCUT2D eigenvalue weighted by molar-refractivity contribution is 7.89. The third-order valence-corrected chi connectivity index (χ3v) is 6.57. The predicted octanol–water partition coefficient (Wildman–Crippen LogP) is 2.25. The number of nitrogens with one attached hydrogen (secondary N) is 2. The molecule has 1 aliphatic rings. The second-order valence-corrected chi connectivity index (χ2v) is 10.2. The number of hydrogen-bond acceptors (Lipinski definition) is 7. The number of ether oxygens (including phenoxy) is 2. The number of carbonyl (C=O) groups excluding carboxylic acids is 1. The van der Waals surface area contributed by atoms with Crippen molar-refractivity contribution >= 4 is 21.6 Å². The van der Waals surface area contributed by atoms with Crippen molar-refractivity contribution in [2.75, 3.05) is 25.1 Å². The highest BCUT2D eigenvalue weighted by atomic mass is 32.2. The second kappa shape index (κ2) is 10.3. The van der Waals surface area contributed by atoms with Crippen LogP contribution in [0.1, 0.15) is 13.8 Å². The summed E-state index contributed by atoms with van der Waals surface area (Å²) in [5.74, 6) is 0.930. The lowest BCUT2D eigenvalue weighted by Crippen LogP contribution is -2.29. The standard InChI is InChI=1S/C24H26N4O6S/c1-16(2)14-25-35(31,32)19-6-4-18(5-7-19)26-23(29)15-28-24(30)10-8-20(27-28)17-3-9-21-22(13-17)34-12-11-33-21/h3-10,13,16,25H,11-12,14-15H2,1-2H3,(H,26,29). The van der Waals surface area contributed by atoms with Crippen molar-refractivity contribution in [1.82, 2.24) is 14.5 Å². The molecule has 184 valence electrons. The van der Waals surface area contributed by atoms with Crippen molar-refractivity contribution in [1.29, 1.82) is 0 Å².